The molecule has 0 saturated carbocycles. The van der Waals surface area contributed by atoms with Crippen molar-refractivity contribution in [2.45, 2.75) is 40.8 Å². The zero-order valence-electron chi connectivity index (χ0n) is 20.8. The zero-order valence-corrected chi connectivity index (χ0v) is 20.8. The van der Waals surface area contributed by atoms with Crippen molar-refractivity contribution in [2.75, 3.05) is 7.11 Å². The number of methoxy groups -OCH3 is 1. The minimum atomic E-state index is -0.121. The molecular formula is C30H29NO4. The number of hydrogen-bond acceptors (Lipinski definition) is 4. The third-order valence-electron chi connectivity index (χ3n) is 6.67. The minimum Gasteiger partial charge on any atom is -0.497 e. The van der Waals surface area contributed by atoms with Crippen LogP contribution in [0.1, 0.15) is 45.1 Å². The molecule has 0 aliphatic carbocycles. The molecule has 0 bridgehead atoms. The predicted molar refractivity (Wildman–Crippen MR) is 139 cm³/mol. The molecule has 5 heteroatoms. The van der Waals surface area contributed by atoms with Gasteiger partial charge in [-0.3, -0.25) is 4.79 Å². The number of ketones is 1. The molecule has 0 saturated heterocycles. The van der Waals surface area contributed by atoms with E-state index in [2.05, 4.69) is 43.5 Å². The lowest BCUT2D eigenvalue weighted by molar-refractivity contribution is 0.101. The van der Waals surface area contributed by atoms with Crippen molar-refractivity contribution in [1.29, 1.82) is 0 Å². The number of carbonyl (C=O) groups excluding carboxylic acids is 1. The summed E-state index contributed by atoms with van der Waals surface area (Å²) in [6.07, 6.45) is 3.87. The Kier molecular flexibility index (Phi) is 5.85. The van der Waals surface area contributed by atoms with Crippen LogP contribution in [0.3, 0.4) is 0 Å². The van der Waals surface area contributed by atoms with Crippen molar-refractivity contribution in [3.63, 3.8) is 0 Å². The fourth-order valence-electron chi connectivity index (χ4n) is 4.58. The number of carbonyl (C=O) groups is 1. The normalized spacial score (nSPS) is 13.9. The molecule has 0 N–H and O–H groups in total. The van der Waals surface area contributed by atoms with E-state index in [1.165, 1.54) is 11.1 Å². The van der Waals surface area contributed by atoms with E-state index in [0.29, 0.717) is 29.4 Å². The van der Waals surface area contributed by atoms with Crippen LogP contribution in [0.5, 0.6) is 17.2 Å². The van der Waals surface area contributed by atoms with Gasteiger partial charge in [0.25, 0.3) is 0 Å². The van der Waals surface area contributed by atoms with Crippen LogP contribution in [0.2, 0.25) is 0 Å². The monoisotopic (exact) mass is 467 g/mol. The van der Waals surface area contributed by atoms with Crippen molar-refractivity contribution in [3.05, 3.63) is 93.9 Å². The third-order valence-corrected chi connectivity index (χ3v) is 6.67. The molecule has 3 aromatic carbocycles. The highest BCUT2D eigenvalue weighted by atomic mass is 16.5. The fraction of sp³-hybridized carbons (Fsp3) is 0.233. The van der Waals surface area contributed by atoms with E-state index in [9.17, 15) is 4.79 Å². The Balaban J connectivity index is 1.46. The van der Waals surface area contributed by atoms with Gasteiger partial charge in [0.15, 0.2) is 5.76 Å². The minimum absolute atomic E-state index is 0.121. The van der Waals surface area contributed by atoms with Crippen LogP contribution >= 0.6 is 0 Å². The van der Waals surface area contributed by atoms with Gasteiger partial charge in [0.05, 0.1) is 12.7 Å². The average molecular weight is 468 g/mol. The summed E-state index contributed by atoms with van der Waals surface area (Å²) >= 11 is 0. The first-order valence-electron chi connectivity index (χ1n) is 11.8. The Morgan fingerprint density at radius 1 is 1.03 bits per heavy atom. The van der Waals surface area contributed by atoms with E-state index in [1.807, 2.05) is 43.5 Å². The van der Waals surface area contributed by atoms with Crippen molar-refractivity contribution < 1.29 is 19.0 Å². The van der Waals surface area contributed by atoms with Crippen LogP contribution in [-0.2, 0) is 13.2 Å². The molecular weight excluding hydrogens is 438 g/mol. The lowest BCUT2D eigenvalue weighted by Crippen LogP contribution is -2.00. The van der Waals surface area contributed by atoms with Gasteiger partial charge in [-0.25, -0.2) is 0 Å². The summed E-state index contributed by atoms with van der Waals surface area (Å²) in [5.41, 5.74) is 6.92. The first-order valence-corrected chi connectivity index (χ1v) is 11.8. The van der Waals surface area contributed by atoms with Crippen LogP contribution < -0.4 is 14.2 Å². The number of ether oxygens (including phenoxy) is 3. The summed E-state index contributed by atoms with van der Waals surface area (Å²) in [5, 5.41) is 1.01. The molecule has 0 atom stereocenters. The first-order chi connectivity index (χ1) is 16.9. The van der Waals surface area contributed by atoms with E-state index in [-0.39, 0.29) is 5.78 Å². The van der Waals surface area contributed by atoms with Crippen LogP contribution in [-0.4, -0.2) is 17.5 Å². The lowest BCUT2D eigenvalue weighted by atomic mass is 10.0. The van der Waals surface area contributed by atoms with Gasteiger partial charge in [-0.15, -0.1) is 0 Å². The first kappa shape index (κ1) is 22.8. The van der Waals surface area contributed by atoms with Gasteiger partial charge in [-0.2, -0.15) is 0 Å². The van der Waals surface area contributed by atoms with Crippen molar-refractivity contribution >= 4 is 22.8 Å². The molecule has 35 heavy (non-hydrogen) atoms. The number of fused-ring (bicyclic) bond motifs is 2. The summed E-state index contributed by atoms with van der Waals surface area (Å²) in [6, 6.07) is 16.0. The van der Waals surface area contributed by atoms with Crippen molar-refractivity contribution in [3.8, 4) is 17.2 Å². The van der Waals surface area contributed by atoms with Gasteiger partial charge in [0.2, 0.25) is 5.78 Å². The van der Waals surface area contributed by atoms with Gasteiger partial charge in [-0.1, -0.05) is 23.8 Å². The summed E-state index contributed by atoms with van der Waals surface area (Å²) in [7, 11) is 1.65. The molecule has 0 spiro atoms. The highest BCUT2D eigenvalue weighted by molar-refractivity contribution is 6.15. The van der Waals surface area contributed by atoms with Crippen LogP contribution in [0.15, 0.2) is 60.5 Å². The van der Waals surface area contributed by atoms with E-state index < -0.39 is 0 Å². The highest BCUT2D eigenvalue weighted by Crippen LogP contribution is 2.40. The molecule has 0 amide bonds. The number of hydrogen-bond donors (Lipinski definition) is 0. The topological polar surface area (TPSA) is 49.7 Å². The van der Waals surface area contributed by atoms with Gasteiger partial charge in [-0.05, 0) is 75.2 Å². The Morgan fingerprint density at radius 2 is 1.86 bits per heavy atom. The number of nitrogens with zero attached hydrogens (tertiary/aromatic N) is 1. The van der Waals surface area contributed by atoms with Crippen molar-refractivity contribution in [2.24, 2.45) is 0 Å². The number of aromatic nitrogens is 1. The Hall–Kier alpha value is -3.99. The molecule has 178 valence electrons. The Morgan fingerprint density at radius 3 is 2.63 bits per heavy atom. The highest BCUT2D eigenvalue weighted by Gasteiger charge is 2.30. The number of allylic oxidation sites excluding steroid dienone is 1. The number of aryl methyl sites for hydroxylation is 3. The molecule has 1 aliphatic rings. The smallest absolute Gasteiger partial charge is 0.231 e. The number of rotatable bonds is 6. The molecule has 5 rings (SSSR count). The molecule has 0 fully saturated rings. The molecule has 5 nitrogen and oxygen atoms in total. The van der Waals surface area contributed by atoms with E-state index in [0.717, 1.165) is 39.9 Å². The van der Waals surface area contributed by atoms with E-state index in [4.69, 9.17) is 14.2 Å². The fourth-order valence-corrected chi connectivity index (χ4v) is 4.58. The van der Waals surface area contributed by atoms with Gasteiger partial charge in [0, 0.05) is 34.8 Å². The molecule has 4 aromatic rings. The maximum Gasteiger partial charge on any atom is 0.231 e. The second-order valence-electron chi connectivity index (χ2n) is 8.98. The second kappa shape index (κ2) is 8.99. The third kappa shape index (κ3) is 4.08. The maximum atomic E-state index is 13.2. The SMILES string of the molecule is CCn1cc(C=C2Oc3c(ccc(OCc4cc(C)ccc4C)c3C)C2=O)c2cc(OC)ccc21. The number of benzene rings is 3. The van der Waals surface area contributed by atoms with E-state index >= 15 is 0 Å². The summed E-state index contributed by atoms with van der Waals surface area (Å²) in [4.78, 5) is 13.2. The molecule has 1 aromatic heterocycles. The summed E-state index contributed by atoms with van der Waals surface area (Å²) in [6.45, 7) is 9.46. The largest absolute Gasteiger partial charge is 0.497 e. The molecule has 0 radical (unpaired) electrons. The lowest BCUT2D eigenvalue weighted by Gasteiger charge is -2.13. The predicted octanol–water partition coefficient (Wildman–Crippen LogP) is 6.79. The summed E-state index contributed by atoms with van der Waals surface area (Å²) in [5.74, 6) is 2.24. The molecule has 1 aliphatic heterocycles. The average Bonchev–Trinajstić information content (AvgIpc) is 3.38. The zero-order chi connectivity index (χ0) is 24.7. The Bertz CT molecular complexity index is 1490. The number of Topliss-reactive ketones (excluding diaryl/α,β-unsaturated/α-hetero) is 1. The second-order valence-corrected chi connectivity index (χ2v) is 8.98. The Labute approximate surface area is 205 Å². The summed E-state index contributed by atoms with van der Waals surface area (Å²) < 4.78 is 19.8. The van der Waals surface area contributed by atoms with Crippen LogP contribution in [0, 0.1) is 20.8 Å². The van der Waals surface area contributed by atoms with Crippen LogP contribution in [0.25, 0.3) is 17.0 Å². The van der Waals surface area contributed by atoms with Crippen molar-refractivity contribution in [1.82, 2.24) is 4.57 Å². The maximum absolute atomic E-state index is 13.2. The van der Waals surface area contributed by atoms with E-state index in [1.54, 1.807) is 13.2 Å². The van der Waals surface area contributed by atoms with Crippen LogP contribution in [0.4, 0.5) is 0 Å². The van der Waals surface area contributed by atoms with Gasteiger partial charge >= 0.3 is 0 Å². The standard InChI is InChI=1S/C30H29NO4/c1-6-31-16-21(25-15-23(33-5)9-11-26(25)31)14-28-29(32)24-10-12-27(20(4)30(24)35-28)34-17-22-13-18(2)7-8-19(22)3/h7-16H,6,17H2,1-5H3. The van der Waals surface area contributed by atoms with Gasteiger partial charge in [0.1, 0.15) is 23.9 Å². The quantitative estimate of drug-likeness (QED) is 0.293. The molecule has 0 unspecified atom stereocenters. The molecule has 2 heterocycles. The van der Waals surface area contributed by atoms with Gasteiger partial charge < -0.3 is 18.8 Å².